The van der Waals surface area contributed by atoms with Gasteiger partial charge in [0.2, 0.25) is 5.88 Å². The number of amides is 1. The zero-order chi connectivity index (χ0) is 28.4. The number of methoxy groups -OCH3 is 1. The number of para-hydroxylation sites is 1. The Morgan fingerprint density at radius 2 is 1.57 bits per heavy atom. The van der Waals surface area contributed by atoms with Crippen molar-refractivity contribution in [3.63, 3.8) is 0 Å². The molecule has 1 amide bonds. The number of nitrogens with zero attached hydrogens (tertiary/aromatic N) is 2. The molecule has 0 spiro atoms. The van der Waals surface area contributed by atoms with E-state index in [1.54, 1.807) is 24.3 Å². The summed E-state index contributed by atoms with van der Waals surface area (Å²) >= 11 is 5.25. The lowest BCUT2D eigenvalue weighted by Gasteiger charge is -2.12. The van der Waals surface area contributed by atoms with Crippen molar-refractivity contribution in [2.24, 2.45) is 0 Å². The molecule has 0 unspecified atom stereocenters. The fraction of sp³-hybridized carbons (Fsp3) is 0.111. The average Bonchev–Trinajstić information content (AvgIpc) is 2.96. The van der Waals surface area contributed by atoms with Gasteiger partial charge in [-0.2, -0.15) is 0 Å². The number of hydrogen-bond donors (Lipinski definition) is 3. The molecular formula is C27H25N5O6S2. The van der Waals surface area contributed by atoms with Crippen molar-refractivity contribution in [3.8, 4) is 17.4 Å². The summed E-state index contributed by atoms with van der Waals surface area (Å²) in [6.07, 6.45) is 1.18. The third kappa shape index (κ3) is 8.12. The zero-order valence-electron chi connectivity index (χ0n) is 21.2. The Hall–Kier alpha value is -4.75. The summed E-state index contributed by atoms with van der Waals surface area (Å²) in [5, 5.41) is 5.49. The first-order valence-corrected chi connectivity index (χ1v) is 13.7. The first-order chi connectivity index (χ1) is 19.3. The number of sulfonamides is 1. The van der Waals surface area contributed by atoms with Crippen LogP contribution in [-0.2, 0) is 10.0 Å². The molecule has 0 atom stereocenters. The Morgan fingerprint density at radius 3 is 2.30 bits per heavy atom. The highest BCUT2D eigenvalue weighted by molar-refractivity contribution is 7.92. The van der Waals surface area contributed by atoms with Crippen LogP contribution in [0.5, 0.6) is 17.4 Å². The summed E-state index contributed by atoms with van der Waals surface area (Å²) in [5.41, 5.74) is 0.822. The van der Waals surface area contributed by atoms with Crippen molar-refractivity contribution in [1.82, 2.24) is 15.3 Å². The highest BCUT2D eigenvalue weighted by Gasteiger charge is 2.16. The van der Waals surface area contributed by atoms with Gasteiger partial charge in [0, 0.05) is 17.3 Å². The second-order valence-electron chi connectivity index (χ2n) is 8.02. The number of thiocarbonyl (C=S) groups is 1. The minimum atomic E-state index is -3.91. The second kappa shape index (κ2) is 13.4. The fourth-order valence-electron chi connectivity index (χ4n) is 3.32. The molecule has 4 rings (SSSR count). The highest BCUT2D eigenvalue weighted by Crippen LogP contribution is 2.19. The maximum absolute atomic E-state index is 12.7. The molecule has 0 aliphatic rings. The van der Waals surface area contributed by atoms with E-state index in [1.807, 2.05) is 30.3 Å². The van der Waals surface area contributed by atoms with Gasteiger partial charge in [0.1, 0.15) is 36.9 Å². The molecule has 3 N–H and O–H groups in total. The first kappa shape index (κ1) is 28.3. The van der Waals surface area contributed by atoms with Crippen LogP contribution in [0.4, 0.5) is 11.5 Å². The highest BCUT2D eigenvalue weighted by atomic mass is 32.2. The lowest BCUT2D eigenvalue weighted by Crippen LogP contribution is -2.34. The van der Waals surface area contributed by atoms with Gasteiger partial charge < -0.3 is 19.5 Å². The Kier molecular flexibility index (Phi) is 9.44. The summed E-state index contributed by atoms with van der Waals surface area (Å²) in [7, 11) is -2.50. The van der Waals surface area contributed by atoms with Gasteiger partial charge in [-0.1, -0.05) is 24.3 Å². The number of rotatable bonds is 11. The van der Waals surface area contributed by atoms with Gasteiger partial charge >= 0.3 is 0 Å². The predicted octanol–water partition coefficient (Wildman–Crippen LogP) is 3.87. The molecule has 0 bridgehead atoms. The van der Waals surface area contributed by atoms with Crippen molar-refractivity contribution in [2.75, 3.05) is 30.4 Å². The lowest BCUT2D eigenvalue weighted by atomic mass is 10.2. The van der Waals surface area contributed by atoms with E-state index in [9.17, 15) is 13.2 Å². The fourth-order valence-corrected chi connectivity index (χ4v) is 4.53. The molecule has 13 heteroatoms. The van der Waals surface area contributed by atoms with Crippen LogP contribution in [0.1, 0.15) is 10.4 Å². The number of aromatic nitrogens is 2. The molecule has 0 saturated carbocycles. The molecule has 0 fully saturated rings. The topological polar surface area (TPSA) is 141 Å². The van der Waals surface area contributed by atoms with Crippen molar-refractivity contribution in [1.29, 1.82) is 0 Å². The number of nitrogens with one attached hydrogen (secondary N) is 3. The van der Waals surface area contributed by atoms with Crippen LogP contribution < -0.4 is 29.6 Å². The van der Waals surface area contributed by atoms with Gasteiger partial charge in [-0.15, -0.1) is 0 Å². The Balaban J connectivity index is 1.27. The maximum Gasteiger partial charge on any atom is 0.263 e. The molecule has 1 heterocycles. The summed E-state index contributed by atoms with van der Waals surface area (Å²) < 4.78 is 44.0. The normalized spacial score (nSPS) is 10.7. The zero-order valence-corrected chi connectivity index (χ0v) is 22.9. The smallest absolute Gasteiger partial charge is 0.263 e. The molecule has 11 nitrogen and oxygen atoms in total. The SMILES string of the molecule is COc1cc(NS(=O)(=O)c2ccc(NC(=S)NC(=O)c3cccc(OCCOc4ccccc4)c3)cc2)ncn1. The summed E-state index contributed by atoms with van der Waals surface area (Å²) in [4.78, 5) is 20.4. The largest absolute Gasteiger partial charge is 0.490 e. The molecule has 206 valence electrons. The molecular weight excluding hydrogens is 554 g/mol. The molecule has 0 radical (unpaired) electrons. The number of hydrogen-bond acceptors (Lipinski definition) is 9. The van der Waals surface area contributed by atoms with Crippen LogP contribution in [0.3, 0.4) is 0 Å². The number of ether oxygens (including phenoxy) is 3. The quantitative estimate of drug-likeness (QED) is 0.177. The van der Waals surface area contributed by atoms with Gasteiger partial charge in [0.15, 0.2) is 5.11 Å². The van der Waals surface area contributed by atoms with E-state index in [2.05, 4.69) is 25.3 Å². The van der Waals surface area contributed by atoms with Crippen LogP contribution in [0.2, 0.25) is 0 Å². The third-order valence-corrected chi connectivity index (χ3v) is 6.77. The van der Waals surface area contributed by atoms with E-state index < -0.39 is 15.9 Å². The Morgan fingerprint density at radius 1 is 0.875 bits per heavy atom. The van der Waals surface area contributed by atoms with Crippen LogP contribution in [-0.4, -0.2) is 49.7 Å². The maximum atomic E-state index is 12.7. The van der Waals surface area contributed by atoms with Crippen LogP contribution in [0, 0.1) is 0 Å². The van der Waals surface area contributed by atoms with Crippen molar-refractivity contribution >= 4 is 44.8 Å². The number of anilines is 2. The number of carbonyl (C=O) groups excluding carboxylic acids is 1. The average molecular weight is 580 g/mol. The Bertz CT molecular complexity index is 1570. The molecule has 0 aliphatic carbocycles. The van der Waals surface area contributed by atoms with Gasteiger partial charge in [-0.05, 0) is 66.8 Å². The van der Waals surface area contributed by atoms with Gasteiger partial charge in [0.25, 0.3) is 15.9 Å². The standard InChI is InChI=1S/C27H25N5O6S2/c1-36-25-17-24(28-18-29-25)32-40(34,35)23-12-10-20(11-13-23)30-27(39)31-26(33)19-6-5-9-22(16-19)38-15-14-37-21-7-3-2-4-8-21/h2-13,16-18H,14-15H2,1H3,(H,28,29,32)(H2,30,31,33,39). The number of benzene rings is 3. The van der Waals surface area contributed by atoms with Gasteiger partial charge in [-0.3, -0.25) is 14.8 Å². The molecule has 0 saturated heterocycles. The van der Waals surface area contributed by atoms with E-state index in [1.165, 1.54) is 43.8 Å². The third-order valence-electron chi connectivity index (χ3n) is 5.20. The summed E-state index contributed by atoms with van der Waals surface area (Å²) in [5.74, 6) is 1.10. The molecule has 0 aliphatic heterocycles. The molecule has 40 heavy (non-hydrogen) atoms. The summed E-state index contributed by atoms with van der Waals surface area (Å²) in [6.45, 7) is 0.647. The molecule has 4 aromatic rings. The number of carbonyl (C=O) groups is 1. The van der Waals surface area contributed by atoms with Crippen LogP contribution >= 0.6 is 12.2 Å². The molecule has 3 aromatic carbocycles. The predicted molar refractivity (Wildman–Crippen MR) is 153 cm³/mol. The van der Waals surface area contributed by atoms with E-state index in [0.717, 1.165) is 5.75 Å². The van der Waals surface area contributed by atoms with E-state index in [4.69, 9.17) is 26.4 Å². The lowest BCUT2D eigenvalue weighted by molar-refractivity contribution is 0.0977. The van der Waals surface area contributed by atoms with E-state index >= 15 is 0 Å². The monoisotopic (exact) mass is 579 g/mol. The van der Waals surface area contributed by atoms with Crippen LogP contribution in [0.15, 0.2) is 96.2 Å². The van der Waals surface area contributed by atoms with Gasteiger partial charge in [0.05, 0.1) is 12.0 Å². The Labute approximate surface area is 236 Å². The molecule has 1 aromatic heterocycles. The minimum Gasteiger partial charge on any atom is -0.490 e. The second-order valence-corrected chi connectivity index (χ2v) is 10.1. The van der Waals surface area contributed by atoms with Crippen molar-refractivity contribution in [3.05, 3.63) is 96.8 Å². The first-order valence-electron chi connectivity index (χ1n) is 11.8. The van der Waals surface area contributed by atoms with Crippen molar-refractivity contribution < 1.29 is 27.4 Å². The summed E-state index contributed by atoms with van der Waals surface area (Å²) in [6, 6.07) is 23.2. The van der Waals surface area contributed by atoms with Gasteiger partial charge in [-0.25, -0.2) is 18.4 Å². The van der Waals surface area contributed by atoms with E-state index in [-0.39, 0.29) is 21.7 Å². The van der Waals surface area contributed by atoms with Crippen molar-refractivity contribution in [2.45, 2.75) is 4.90 Å². The minimum absolute atomic E-state index is 0.00318. The van der Waals surface area contributed by atoms with E-state index in [0.29, 0.717) is 30.2 Å². The van der Waals surface area contributed by atoms with Crippen LogP contribution in [0.25, 0.3) is 0 Å².